The summed E-state index contributed by atoms with van der Waals surface area (Å²) in [5.41, 5.74) is 2.47. The van der Waals surface area contributed by atoms with Gasteiger partial charge in [0.05, 0.1) is 11.4 Å². The van der Waals surface area contributed by atoms with Gasteiger partial charge in [-0.2, -0.15) is 9.90 Å². The zero-order valence-electron chi connectivity index (χ0n) is 15.0. The summed E-state index contributed by atoms with van der Waals surface area (Å²) in [7, 11) is 0. The molecule has 0 saturated heterocycles. The summed E-state index contributed by atoms with van der Waals surface area (Å²) in [6, 6.07) is 19.0. The van der Waals surface area contributed by atoms with Gasteiger partial charge in [-0.25, -0.2) is 4.68 Å². The third-order valence-corrected chi connectivity index (χ3v) is 4.41. The van der Waals surface area contributed by atoms with E-state index in [1.807, 2.05) is 67.6 Å². The molecule has 28 heavy (non-hydrogen) atoms. The van der Waals surface area contributed by atoms with Crippen LogP contribution in [0.3, 0.4) is 0 Å². The van der Waals surface area contributed by atoms with E-state index in [0.29, 0.717) is 11.6 Å². The Morgan fingerprint density at radius 3 is 2.68 bits per heavy atom. The zero-order valence-corrected chi connectivity index (χ0v) is 16.5. The van der Waals surface area contributed by atoms with Gasteiger partial charge >= 0.3 is 0 Å². The summed E-state index contributed by atoms with van der Waals surface area (Å²) >= 11 is 3.45. The van der Waals surface area contributed by atoms with Gasteiger partial charge in [-0.05, 0) is 30.3 Å². The highest BCUT2D eigenvalue weighted by atomic mass is 79.9. The molecule has 0 atom stereocenters. The highest BCUT2D eigenvalue weighted by Crippen LogP contribution is 2.20. The molecule has 0 spiro atoms. The minimum Gasteiger partial charge on any atom is -0.309 e. The lowest BCUT2D eigenvalue weighted by Crippen LogP contribution is -2.22. The van der Waals surface area contributed by atoms with Crippen molar-refractivity contribution in [3.63, 3.8) is 0 Å². The smallest absolute Gasteiger partial charge is 0.249 e. The van der Waals surface area contributed by atoms with Crippen molar-refractivity contribution in [2.75, 3.05) is 5.32 Å². The van der Waals surface area contributed by atoms with E-state index in [1.165, 1.54) is 4.80 Å². The Labute approximate surface area is 169 Å². The number of aryl methyl sites for hydroxylation is 1. The molecule has 0 fully saturated rings. The van der Waals surface area contributed by atoms with E-state index in [-0.39, 0.29) is 12.5 Å². The first-order valence-electron chi connectivity index (χ1n) is 8.54. The number of carbonyl (C=O) groups excluding carboxylic acids is 1. The second-order valence-corrected chi connectivity index (χ2v) is 7.04. The van der Waals surface area contributed by atoms with Crippen LogP contribution in [0.4, 0.5) is 5.82 Å². The Balaban J connectivity index is 1.50. The number of anilines is 1. The van der Waals surface area contributed by atoms with Gasteiger partial charge in [-0.3, -0.25) is 4.79 Å². The van der Waals surface area contributed by atoms with Crippen LogP contribution >= 0.6 is 15.9 Å². The summed E-state index contributed by atoms with van der Waals surface area (Å²) in [6.07, 6.45) is 0. The highest BCUT2D eigenvalue weighted by molar-refractivity contribution is 9.10. The number of aromatic nitrogens is 6. The van der Waals surface area contributed by atoms with Crippen LogP contribution in [-0.2, 0) is 11.3 Å². The zero-order chi connectivity index (χ0) is 19.5. The quantitative estimate of drug-likeness (QED) is 0.517. The lowest BCUT2D eigenvalue weighted by Gasteiger charge is -2.09. The second-order valence-electron chi connectivity index (χ2n) is 6.12. The minimum absolute atomic E-state index is 0.0530. The predicted molar refractivity (Wildman–Crippen MR) is 108 cm³/mol. The third kappa shape index (κ3) is 3.99. The highest BCUT2D eigenvalue weighted by Gasteiger charge is 2.13. The summed E-state index contributed by atoms with van der Waals surface area (Å²) in [4.78, 5) is 13.8. The molecule has 0 aliphatic heterocycles. The van der Waals surface area contributed by atoms with Gasteiger partial charge in [0.1, 0.15) is 12.4 Å². The Bertz CT molecular complexity index is 1120. The SMILES string of the molecule is Cc1cc(NC(=O)Cn2nnc(-c3ccccc3)n2)n(-c2cccc(Br)c2)n1. The van der Waals surface area contributed by atoms with Crippen LogP contribution in [-0.4, -0.2) is 35.9 Å². The van der Waals surface area contributed by atoms with Gasteiger partial charge in [0.15, 0.2) is 0 Å². The van der Waals surface area contributed by atoms with Crippen LogP contribution in [0.15, 0.2) is 65.1 Å². The molecule has 0 aliphatic rings. The van der Waals surface area contributed by atoms with Crippen molar-refractivity contribution in [2.45, 2.75) is 13.5 Å². The first-order chi connectivity index (χ1) is 13.6. The number of amides is 1. The molecule has 0 unspecified atom stereocenters. The maximum absolute atomic E-state index is 12.5. The van der Waals surface area contributed by atoms with E-state index in [1.54, 1.807) is 4.68 Å². The Morgan fingerprint density at radius 2 is 1.89 bits per heavy atom. The van der Waals surface area contributed by atoms with Crippen molar-refractivity contribution in [1.29, 1.82) is 0 Å². The third-order valence-electron chi connectivity index (χ3n) is 3.92. The molecule has 2 aromatic carbocycles. The van der Waals surface area contributed by atoms with Crippen LogP contribution in [0.2, 0.25) is 0 Å². The van der Waals surface area contributed by atoms with Gasteiger partial charge in [0.2, 0.25) is 11.7 Å². The number of hydrogen-bond donors (Lipinski definition) is 1. The molecule has 2 aromatic heterocycles. The number of hydrogen-bond acceptors (Lipinski definition) is 5. The van der Waals surface area contributed by atoms with Gasteiger partial charge in [0.25, 0.3) is 0 Å². The molecule has 1 N–H and O–H groups in total. The first-order valence-corrected chi connectivity index (χ1v) is 9.33. The number of nitrogens with one attached hydrogen (secondary N) is 1. The lowest BCUT2D eigenvalue weighted by atomic mass is 10.2. The van der Waals surface area contributed by atoms with Crippen LogP contribution < -0.4 is 5.32 Å². The minimum atomic E-state index is -0.270. The Morgan fingerprint density at radius 1 is 1.07 bits per heavy atom. The maximum atomic E-state index is 12.5. The van der Waals surface area contributed by atoms with Crippen molar-refractivity contribution >= 4 is 27.7 Å². The van der Waals surface area contributed by atoms with Gasteiger partial charge in [0, 0.05) is 16.1 Å². The predicted octanol–water partition coefficient (Wildman–Crippen LogP) is 3.24. The molecule has 0 radical (unpaired) electrons. The van der Waals surface area contributed by atoms with Gasteiger partial charge < -0.3 is 5.32 Å². The number of tetrazole rings is 1. The Hall–Kier alpha value is -3.33. The van der Waals surface area contributed by atoms with E-state index in [4.69, 9.17) is 0 Å². The van der Waals surface area contributed by atoms with Gasteiger partial charge in [-0.1, -0.05) is 52.3 Å². The topological polar surface area (TPSA) is 90.5 Å². The molecule has 0 saturated carbocycles. The molecule has 0 bridgehead atoms. The number of halogens is 1. The molecular weight excluding hydrogens is 422 g/mol. The van der Waals surface area contributed by atoms with E-state index >= 15 is 0 Å². The van der Waals surface area contributed by atoms with Crippen molar-refractivity contribution in [3.05, 3.63) is 70.8 Å². The van der Waals surface area contributed by atoms with Crippen LogP contribution in [0.5, 0.6) is 0 Å². The molecule has 8 nitrogen and oxygen atoms in total. The lowest BCUT2D eigenvalue weighted by molar-refractivity contribution is -0.117. The van der Waals surface area contributed by atoms with E-state index in [2.05, 4.69) is 41.8 Å². The standard InChI is InChI=1S/C19H16BrN7O/c1-13-10-17(27(23-13)16-9-5-8-15(20)11-16)21-18(28)12-26-24-19(22-25-26)14-6-3-2-4-7-14/h2-11H,12H2,1H3,(H,21,28). The maximum Gasteiger partial charge on any atom is 0.249 e. The monoisotopic (exact) mass is 437 g/mol. The van der Waals surface area contributed by atoms with Crippen molar-refractivity contribution in [1.82, 2.24) is 30.0 Å². The summed E-state index contributed by atoms with van der Waals surface area (Å²) in [5.74, 6) is 0.778. The molecule has 140 valence electrons. The Kier molecular flexibility index (Phi) is 4.98. The molecule has 9 heteroatoms. The number of rotatable bonds is 5. The largest absolute Gasteiger partial charge is 0.309 e. The summed E-state index contributed by atoms with van der Waals surface area (Å²) in [6.45, 7) is 1.82. The summed E-state index contributed by atoms with van der Waals surface area (Å²) in [5, 5.41) is 19.5. The fourth-order valence-corrected chi connectivity index (χ4v) is 3.10. The molecular formula is C19H16BrN7O. The van der Waals surface area contributed by atoms with E-state index < -0.39 is 0 Å². The van der Waals surface area contributed by atoms with Crippen molar-refractivity contribution in [2.24, 2.45) is 0 Å². The fourth-order valence-electron chi connectivity index (χ4n) is 2.72. The molecule has 4 rings (SSSR count). The van der Waals surface area contributed by atoms with E-state index in [0.717, 1.165) is 21.4 Å². The second kappa shape index (κ2) is 7.73. The first kappa shape index (κ1) is 18.1. The summed E-state index contributed by atoms with van der Waals surface area (Å²) < 4.78 is 2.61. The average molecular weight is 438 g/mol. The van der Waals surface area contributed by atoms with Crippen LogP contribution in [0.1, 0.15) is 5.69 Å². The normalized spacial score (nSPS) is 10.8. The van der Waals surface area contributed by atoms with Crippen molar-refractivity contribution < 1.29 is 4.79 Å². The number of benzene rings is 2. The molecule has 2 heterocycles. The average Bonchev–Trinajstić information content (AvgIpc) is 3.29. The molecule has 0 aliphatic carbocycles. The van der Waals surface area contributed by atoms with Crippen LogP contribution in [0, 0.1) is 6.92 Å². The van der Waals surface area contributed by atoms with Gasteiger partial charge in [-0.15, -0.1) is 10.2 Å². The number of carbonyl (C=O) groups is 1. The number of nitrogens with zero attached hydrogens (tertiary/aromatic N) is 6. The van der Waals surface area contributed by atoms with Crippen LogP contribution in [0.25, 0.3) is 17.1 Å². The molecule has 1 amide bonds. The van der Waals surface area contributed by atoms with E-state index in [9.17, 15) is 4.79 Å². The fraction of sp³-hybridized carbons (Fsp3) is 0.105. The van der Waals surface area contributed by atoms with Crippen molar-refractivity contribution in [3.8, 4) is 17.1 Å². The molecule has 4 aromatic rings.